The number of nitrogens with zero attached hydrogens (tertiary/aromatic N) is 1. The normalized spacial score (nSPS) is 23.6. The van der Waals surface area contributed by atoms with Gasteiger partial charge in [0.2, 0.25) is 5.91 Å². The lowest BCUT2D eigenvalue weighted by molar-refractivity contribution is -0.136. The predicted molar refractivity (Wildman–Crippen MR) is 63.9 cm³/mol. The lowest BCUT2D eigenvalue weighted by atomic mass is 10.0. The van der Waals surface area contributed by atoms with Gasteiger partial charge in [-0.2, -0.15) is 0 Å². The number of rotatable bonds is 4. The van der Waals surface area contributed by atoms with Crippen molar-refractivity contribution in [2.75, 3.05) is 18.6 Å². The molecule has 0 aliphatic carbocycles. The van der Waals surface area contributed by atoms with Crippen molar-refractivity contribution in [3.8, 4) is 0 Å². The summed E-state index contributed by atoms with van der Waals surface area (Å²) in [5.41, 5.74) is 0. The summed E-state index contributed by atoms with van der Waals surface area (Å²) in [6.07, 6.45) is 2.23. The van der Waals surface area contributed by atoms with E-state index in [1.54, 1.807) is 11.9 Å². The summed E-state index contributed by atoms with van der Waals surface area (Å²) in [4.78, 5) is 13.7. The van der Waals surface area contributed by atoms with E-state index in [-0.39, 0.29) is 29.4 Å². The van der Waals surface area contributed by atoms with E-state index in [0.29, 0.717) is 6.42 Å². The van der Waals surface area contributed by atoms with Gasteiger partial charge in [0.15, 0.2) is 9.84 Å². The first-order valence-corrected chi connectivity index (χ1v) is 7.70. The number of amides is 1. The van der Waals surface area contributed by atoms with Crippen LogP contribution >= 0.6 is 0 Å². The zero-order chi connectivity index (χ0) is 12.3. The highest BCUT2D eigenvalue weighted by Gasteiger charge is 2.34. The standard InChI is InChI=1S/C11H21NO3S/c1-4-9(5-2)11(13)12(3)10-6-7-16(14,15)8-10/h9-10H,4-8H2,1-3H3. The largest absolute Gasteiger partial charge is 0.341 e. The first-order valence-electron chi connectivity index (χ1n) is 5.88. The van der Waals surface area contributed by atoms with Crippen molar-refractivity contribution in [1.82, 2.24) is 4.90 Å². The molecule has 0 saturated carbocycles. The summed E-state index contributed by atoms with van der Waals surface area (Å²) in [5.74, 6) is 0.480. The first-order chi connectivity index (χ1) is 7.41. The smallest absolute Gasteiger partial charge is 0.225 e. The van der Waals surface area contributed by atoms with E-state index >= 15 is 0 Å². The SMILES string of the molecule is CCC(CC)C(=O)N(C)C1CCS(=O)(=O)C1. The number of sulfone groups is 1. The van der Waals surface area contributed by atoms with Crippen LogP contribution in [-0.2, 0) is 14.6 Å². The third kappa shape index (κ3) is 2.97. The quantitative estimate of drug-likeness (QED) is 0.746. The third-order valence-corrected chi connectivity index (χ3v) is 5.19. The van der Waals surface area contributed by atoms with Gasteiger partial charge in [0.05, 0.1) is 11.5 Å². The average molecular weight is 247 g/mol. The van der Waals surface area contributed by atoms with Crippen molar-refractivity contribution in [1.29, 1.82) is 0 Å². The van der Waals surface area contributed by atoms with Gasteiger partial charge in [-0.15, -0.1) is 0 Å². The van der Waals surface area contributed by atoms with Crippen molar-refractivity contribution >= 4 is 15.7 Å². The molecule has 0 radical (unpaired) electrons. The molecule has 0 N–H and O–H groups in total. The summed E-state index contributed by atoms with van der Waals surface area (Å²) in [5, 5.41) is 0. The molecule has 1 aliphatic rings. The Morgan fingerprint density at radius 1 is 1.38 bits per heavy atom. The maximum atomic E-state index is 12.0. The Balaban J connectivity index is 2.65. The van der Waals surface area contributed by atoms with Crippen molar-refractivity contribution in [2.24, 2.45) is 5.92 Å². The second kappa shape index (κ2) is 5.17. The van der Waals surface area contributed by atoms with Crippen LogP contribution < -0.4 is 0 Å². The molecule has 1 aliphatic heterocycles. The van der Waals surface area contributed by atoms with Crippen LogP contribution in [0.2, 0.25) is 0 Å². The first kappa shape index (κ1) is 13.5. The Labute approximate surface area is 97.9 Å². The van der Waals surface area contributed by atoms with Gasteiger partial charge in [-0.1, -0.05) is 13.8 Å². The van der Waals surface area contributed by atoms with E-state index in [1.807, 2.05) is 13.8 Å². The molecule has 1 rings (SSSR count). The van der Waals surface area contributed by atoms with Gasteiger partial charge in [0, 0.05) is 19.0 Å². The lowest BCUT2D eigenvalue weighted by Gasteiger charge is -2.27. The number of carbonyl (C=O) groups excluding carboxylic acids is 1. The summed E-state index contributed by atoms with van der Waals surface area (Å²) < 4.78 is 22.7. The molecule has 1 fully saturated rings. The number of hydrogen-bond acceptors (Lipinski definition) is 3. The summed E-state index contributed by atoms with van der Waals surface area (Å²) in [6, 6.07) is -0.113. The molecule has 5 heteroatoms. The fourth-order valence-electron chi connectivity index (χ4n) is 2.19. The van der Waals surface area contributed by atoms with Crippen molar-refractivity contribution < 1.29 is 13.2 Å². The Morgan fingerprint density at radius 2 is 1.94 bits per heavy atom. The maximum Gasteiger partial charge on any atom is 0.225 e. The lowest BCUT2D eigenvalue weighted by Crippen LogP contribution is -2.41. The van der Waals surface area contributed by atoms with Gasteiger partial charge in [-0.25, -0.2) is 8.42 Å². The van der Waals surface area contributed by atoms with Crippen LogP contribution in [0.25, 0.3) is 0 Å². The van der Waals surface area contributed by atoms with Gasteiger partial charge >= 0.3 is 0 Å². The van der Waals surface area contributed by atoms with E-state index < -0.39 is 9.84 Å². The molecule has 1 heterocycles. The van der Waals surface area contributed by atoms with Crippen LogP contribution in [0.15, 0.2) is 0 Å². The monoisotopic (exact) mass is 247 g/mol. The zero-order valence-corrected chi connectivity index (χ0v) is 11.1. The highest BCUT2D eigenvalue weighted by Crippen LogP contribution is 2.20. The molecule has 1 atom stereocenters. The zero-order valence-electron chi connectivity index (χ0n) is 10.3. The Morgan fingerprint density at radius 3 is 2.31 bits per heavy atom. The van der Waals surface area contributed by atoms with Crippen molar-refractivity contribution in [3.63, 3.8) is 0 Å². The van der Waals surface area contributed by atoms with Gasteiger partial charge in [-0.05, 0) is 19.3 Å². The fourth-order valence-corrected chi connectivity index (χ4v) is 3.96. The molecule has 0 aromatic heterocycles. The van der Waals surface area contributed by atoms with Crippen LogP contribution in [0, 0.1) is 5.92 Å². The molecular weight excluding hydrogens is 226 g/mol. The minimum atomic E-state index is -2.91. The molecule has 0 spiro atoms. The Hall–Kier alpha value is -0.580. The van der Waals surface area contributed by atoms with E-state index in [1.165, 1.54) is 0 Å². The van der Waals surface area contributed by atoms with Crippen LogP contribution in [0.5, 0.6) is 0 Å². The maximum absolute atomic E-state index is 12.0. The Bertz CT molecular complexity index is 346. The predicted octanol–water partition coefficient (Wildman–Crippen LogP) is 1.07. The van der Waals surface area contributed by atoms with E-state index in [0.717, 1.165) is 12.8 Å². The molecular formula is C11H21NO3S. The average Bonchev–Trinajstić information content (AvgIpc) is 2.59. The van der Waals surface area contributed by atoms with Gasteiger partial charge in [0.1, 0.15) is 0 Å². The van der Waals surface area contributed by atoms with Crippen LogP contribution in [0.1, 0.15) is 33.1 Å². The van der Waals surface area contributed by atoms with E-state index in [2.05, 4.69) is 0 Å². The third-order valence-electron chi connectivity index (χ3n) is 3.44. The van der Waals surface area contributed by atoms with Crippen LogP contribution in [-0.4, -0.2) is 43.8 Å². The molecule has 4 nitrogen and oxygen atoms in total. The van der Waals surface area contributed by atoms with Gasteiger partial charge < -0.3 is 4.90 Å². The molecule has 0 aromatic carbocycles. The second-order valence-corrected chi connectivity index (χ2v) is 6.75. The topological polar surface area (TPSA) is 54.5 Å². The molecule has 16 heavy (non-hydrogen) atoms. The number of carbonyl (C=O) groups is 1. The summed E-state index contributed by atoms with van der Waals surface area (Å²) >= 11 is 0. The molecule has 0 aromatic rings. The van der Waals surface area contributed by atoms with E-state index in [9.17, 15) is 13.2 Å². The molecule has 0 bridgehead atoms. The van der Waals surface area contributed by atoms with Crippen molar-refractivity contribution in [3.05, 3.63) is 0 Å². The molecule has 94 valence electrons. The van der Waals surface area contributed by atoms with E-state index in [4.69, 9.17) is 0 Å². The highest BCUT2D eigenvalue weighted by molar-refractivity contribution is 7.91. The fraction of sp³-hybridized carbons (Fsp3) is 0.909. The minimum absolute atomic E-state index is 0.0355. The highest BCUT2D eigenvalue weighted by atomic mass is 32.2. The molecule has 1 unspecified atom stereocenters. The second-order valence-electron chi connectivity index (χ2n) is 4.52. The van der Waals surface area contributed by atoms with Crippen LogP contribution in [0.4, 0.5) is 0 Å². The van der Waals surface area contributed by atoms with Crippen LogP contribution in [0.3, 0.4) is 0 Å². The molecule has 1 saturated heterocycles. The Kier molecular flexibility index (Phi) is 4.35. The molecule has 1 amide bonds. The number of hydrogen-bond donors (Lipinski definition) is 0. The summed E-state index contributed by atoms with van der Waals surface area (Å²) in [7, 11) is -1.18. The minimum Gasteiger partial charge on any atom is -0.341 e. The van der Waals surface area contributed by atoms with Gasteiger partial charge in [-0.3, -0.25) is 4.79 Å². The summed E-state index contributed by atoms with van der Waals surface area (Å²) in [6.45, 7) is 3.98. The van der Waals surface area contributed by atoms with Crippen molar-refractivity contribution in [2.45, 2.75) is 39.2 Å². The van der Waals surface area contributed by atoms with Gasteiger partial charge in [0.25, 0.3) is 0 Å².